The Bertz CT molecular complexity index is 422. The average Bonchev–Trinajstić information content (AvgIpc) is 2.35. The first-order valence-electron chi connectivity index (χ1n) is 6.01. The molecule has 0 radical (unpaired) electrons. The van der Waals surface area contributed by atoms with Crippen molar-refractivity contribution in [3.05, 3.63) is 18.0 Å². The van der Waals surface area contributed by atoms with Crippen LogP contribution in [0.2, 0.25) is 0 Å². The van der Waals surface area contributed by atoms with Gasteiger partial charge < -0.3 is 10.0 Å². The molecule has 18 heavy (non-hydrogen) atoms. The van der Waals surface area contributed by atoms with E-state index in [1.807, 2.05) is 0 Å². The third-order valence-corrected chi connectivity index (χ3v) is 3.53. The molecule has 6 nitrogen and oxygen atoms in total. The van der Waals surface area contributed by atoms with Gasteiger partial charge in [-0.3, -0.25) is 4.90 Å². The van der Waals surface area contributed by atoms with E-state index in [0.29, 0.717) is 18.0 Å². The Morgan fingerprint density at radius 1 is 1.28 bits per heavy atom. The summed E-state index contributed by atoms with van der Waals surface area (Å²) in [5.41, 5.74) is 0.119. The molecule has 0 saturated carbocycles. The molecule has 1 N–H and O–H groups in total. The standard InChI is InChI=1S/C12H18N4O2/c1-8-6-16(7-9(2)15(8)3)12-13-4-10(5-14-12)11(17)18/h4-5,8-9H,6-7H2,1-3H3,(H,17,18). The zero-order chi connectivity index (χ0) is 13.3. The molecule has 0 amide bonds. The molecule has 1 fully saturated rings. The van der Waals surface area contributed by atoms with Crippen LogP contribution in [0.4, 0.5) is 5.95 Å². The maximum atomic E-state index is 10.7. The fraction of sp³-hybridized carbons (Fsp3) is 0.583. The molecular weight excluding hydrogens is 232 g/mol. The second-order valence-corrected chi connectivity index (χ2v) is 4.85. The van der Waals surface area contributed by atoms with Crippen molar-refractivity contribution in [2.24, 2.45) is 0 Å². The molecule has 6 heteroatoms. The zero-order valence-electron chi connectivity index (χ0n) is 10.9. The van der Waals surface area contributed by atoms with Gasteiger partial charge in [-0.05, 0) is 20.9 Å². The lowest BCUT2D eigenvalue weighted by atomic mass is 10.1. The van der Waals surface area contributed by atoms with Gasteiger partial charge in [0.1, 0.15) is 0 Å². The number of hydrogen-bond donors (Lipinski definition) is 1. The molecule has 0 aliphatic carbocycles. The van der Waals surface area contributed by atoms with Crippen molar-refractivity contribution >= 4 is 11.9 Å². The molecule has 1 aliphatic rings. The highest BCUT2D eigenvalue weighted by Gasteiger charge is 2.27. The number of carbonyl (C=O) groups is 1. The summed E-state index contributed by atoms with van der Waals surface area (Å²) < 4.78 is 0. The van der Waals surface area contributed by atoms with E-state index in [9.17, 15) is 4.79 Å². The summed E-state index contributed by atoms with van der Waals surface area (Å²) in [4.78, 5) is 23.4. The van der Waals surface area contributed by atoms with Crippen molar-refractivity contribution in [2.45, 2.75) is 25.9 Å². The monoisotopic (exact) mass is 250 g/mol. The van der Waals surface area contributed by atoms with Gasteiger partial charge in [0.2, 0.25) is 5.95 Å². The molecule has 1 saturated heterocycles. The van der Waals surface area contributed by atoms with Crippen molar-refractivity contribution in [1.29, 1.82) is 0 Å². The van der Waals surface area contributed by atoms with E-state index >= 15 is 0 Å². The van der Waals surface area contributed by atoms with Crippen LogP contribution in [0.5, 0.6) is 0 Å². The van der Waals surface area contributed by atoms with E-state index in [2.05, 4.69) is 40.7 Å². The van der Waals surface area contributed by atoms with Crippen LogP contribution in [0, 0.1) is 0 Å². The third-order valence-electron chi connectivity index (χ3n) is 3.53. The molecular formula is C12H18N4O2. The van der Waals surface area contributed by atoms with Crippen LogP contribution >= 0.6 is 0 Å². The van der Waals surface area contributed by atoms with Gasteiger partial charge >= 0.3 is 5.97 Å². The highest BCUT2D eigenvalue weighted by molar-refractivity contribution is 5.86. The Hall–Kier alpha value is -1.69. The first-order valence-corrected chi connectivity index (χ1v) is 6.01. The summed E-state index contributed by atoms with van der Waals surface area (Å²) in [5, 5.41) is 8.80. The van der Waals surface area contributed by atoms with Crippen LogP contribution in [0.15, 0.2) is 12.4 Å². The maximum Gasteiger partial charge on any atom is 0.338 e. The molecule has 0 aromatic carbocycles. The number of carboxylic acids is 1. The number of rotatable bonds is 2. The molecule has 1 aromatic heterocycles. The Labute approximate surface area is 106 Å². The molecule has 0 spiro atoms. The van der Waals surface area contributed by atoms with Crippen LogP contribution in [-0.2, 0) is 0 Å². The molecule has 2 rings (SSSR count). The van der Waals surface area contributed by atoms with Crippen molar-refractivity contribution in [3.63, 3.8) is 0 Å². The van der Waals surface area contributed by atoms with Gasteiger partial charge in [0.25, 0.3) is 0 Å². The second kappa shape index (κ2) is 4.89. The fourth-order valence-corrected chi connectivity index (χ4v) is 2.16. The number of likely N-dealkylation sites (N-methyl/N-ethyl adjacent to an activating group) is 1. The predicted octanol–water partition coefficient (Wildman–Crippen LogP) is 0.704. The number of hydrogen-bond acceptors (Lipinski definition) is 5. The van der Waals surface area contributed by atoms with Crippen LogP contribution in [-0.4, -0.2) is 58.2 Å². The minimum atomic E-state index is -0.998. The topological polar surface area (TPSA) is 69.6 Å². The van der Waals surface area contributed by atoms with Gasteiger partial charge in [-0.1, -0.05) is 0 Å². The normalized spacial score (nSPS) is 25.2. The quantitative estimate of drug-likeness (QED) is 0.833. The Morgan fingerprint density at radius 2 is 1.78 bits per heavy atom. The number of anilines is 1. The number of aromatic carboxylic acids is 1. The summed E-state index contributed by atoms with van der Waals surface area (Å²) in [5.74, 6) is -0.395. The SMILES string of the molecule is CC1CN(c2ncc(C(=O)O)cn2)CC(C)N1C. The first kappa shape index (κ1) is 12.8. The molecule has 0 bridgehead atoms. The zero-order valence-corrected chi connectivity index (χ0v) is 10.9. The van der Waals surface area contributed by atoms with E-state index in [-0.39, 0.29) is 5.56 Å². The maximum absolute atomic E-state index is 10.7. The first-order chi connectivity index (χ1) is 8.49. The van der Waals surface area contributed by atoms with Crippen LogP contribution in [0.3, 0.4) is 0 Å². The van der Waals surface area contributed by atoms with Crippen molar-refractivity contribution in [2.75, 3.05) is 25.0 Å². The van der Waals surface area contributed by atoms with E-state index in [4.69, 9.17) is 5.11 Å². The summed E-state index contributed by atoms with van der Waals surface area (Å²) in [6.07, 6.45) is 2.72. The second-order valence-electron chi connectivity index (χ2n) is 4.85. The Kier molecular flexibility index (Phi) is 3.47. The van der Waals surface area contributed by atoms with Gasteiger partial charge in [-0.25, -0.2) is 14.8 Å². The Balaban J connectivity index is 2.14. The van der Waals surface area contributed by atoms with E-state index in [1.165, 1.54) is 12.4 Å². The molecule has 2 unspecified atom stereocenters. The lowest BCUT2D eigenvalue weighted by molar-refractivity contribution is 0.0696. The third kappa shape index (κ3) is 2.43. The minimum absolute atomic E-state index is 0.119. The summed E-state index contributed by atoms with van der Waals surface area (Å²) in [6.45, 7) is 6.03. The van der Waals surface area contributed by atoms with Crippen molar-refractivity contribution in [1.82, 2.24) is 14.9 Å². The number of carboxylic acid groups (broad SMARTS) is 1. The predicted molar refractivity (Wildman–Crippen MR) is 67.9 cm³/mol. The number of nitrogens with zero attached hydrogens (tertiary/aromatic N) is 4. The van der Waals surface area contributed by atoms with Crippen molar-refractivity contribution < 1.29 is 9.90 Å². The fourth-order valence-electron chi connectivity index (χ4n) is 2.16. The minimum Gasteiger partial charge on any atom is -0.478 e. The van der Waals surface area contributed by atoms with Crippen molar-refractivity contribution in [3.8, 4) is 0 Å². The van der Waals surface area contributed by atoms with Gasteiger partial charge in [0.05, 0.1) is 5.56 Å². The largest absolute Gasteiger partial charge is 0.478 e. The summed E-state index contributed by atoms with van der Waals surface area (Å²) in [6, 6.07) is 0.855. The number of aromatic nitrogens is 2. The highest BCUT2D eigenvalue weighted by atomic mass is 16.4. The molecule has 2 heterocycles. The van der Waals surface area contributed by atoms with E-state index < -0.39 is 5.97 Å². The molecule has 1 aromatic rings. The summed E-state index contributed by atoms with van der Waals surface area (Å²) >= 11 is 0. The van der Waals surface area contributed by atoms with Gasteiger partial charge in [-0.2, -0.15) is 0 Å². The van der Waals surface area contributed by atoms with E-state index in [1.54, 1.807) is 0 Å². The molecule has 2 atom stereocenters. The van der Waals surface area contributed by atoms with Gasteiger partial charge in [0.15, 0.2) is 0 Å². The smallest absolute Gasteiger partial charge is 0.338 e. The molecule has 98 valence electrons. The lowest BCUT2D eigenvalue weighted by Crippen LogP contribution is -2.55. The van der Waals surface area contributed by atoms with E-state index in [0.717, 1.165) is 13.1 Å². The molecule has 1 aliphatic heterocycles. The van der Waals surface area contributed by atoms with Crippen LogP contribution in [0.1, 0.15) is 24.2 Å². The van der Waals surface area contributed by atoms with Crippen LogP contribution < -0.4 is 4.90 Å². The van der Waals surface area contributed by atoms with Crippen LogP contribution in [0.25, 0.3) is 0 Å². The number of piperazine rings is 1. The average molecular weight is 250 g/mol. The van der Waals surface area contributed by atoms with Gasteiger partial charge in [-0.15, -0.1) is 0 Å². The highest BCUT2D eigenvalue weighted by Crippen LogP contribution is 2.17. The van der Waals surface area contributed by atoms with Gasteiger partial charge in [0, 0.05) is 37.6 Å². The lowest BCUT2D eigenvalue weighted by Gasteiger charge is -2.42. The summed E-state index contributed by atoms with van der Waals surface area (Å²) in [7, 11) is 2.11. The Morgan fingerprint density at radius 3 is 2.22 bits per heavy atom.